The van der Waals surface area contributed by atoms with Crippen molar-refractivity contribution in [2.75, 3.05) is 19.0 Å². The predicted molar refractivity (Wildman–Crippen MR) is 109 cm³/mol. The molecular weight excluding hydrogens is 436 g/mol. The van der Waals surface area contributed by atoms with Crippen molar-refractivity contribution in [3.8, 4) is 5.88 Å². The molecule has 1 atom stereocenters. The summed E-state index contributed by atoms with van der Waals surface area (Å²) in [6, 6.07) is 2.94. The van der Waals surface area contributed by atoms with Crippen LogP contribution in [0.15, 0.2) is 23.2 Å². The first-order valence-corrected chi connectivity index (χ1v) is 10.5. The van der Waals surface area contributed by atoms with Gasteiger partial charge in [0.25, 0.3) is 0 Å². The van der Waals surface area contributed by atoms with E-state index in [0.717, 1.165) is 11.1 Å². The maximum Gasteiger partial charge on any atom is 1.00 e. The number of methoxy groups -OCH3 is 1. The summed E-state index contributed by atoms with van der Waals surface area (Å²) in [5.74, 6) is 0.351. The molecule has 1 aromatic heterocycles. The maximum absolute atomic E-state index is 13.4. The molecule has 2 heterocycles. The van der Waals surface area contributed by atoms with Crippen LogP contribution in [0, 0.1) is 5.82 Å². The summed E-state index contributed by atoms with van der Waals surface area (Å²) >= 11 is 0. The third kappa shape index (κ3) is 7.01. The van der Waals surface area contributed by atoms with E-state index < -0.39 is 10.7 Å². The van der Waals surface area contributed by atoms with Crippen molar-refractivity contribution in [3.05, 3.63) is 35.3 Å². The van der Waals surface area contributed by atoms with Crippen LogP contribution in [0.1, 0.15) is 50.7 Å². The summed E-state index contributed by atoms with van der Waals surface area (Å²) in [4.78, 5) is 10.6. The topological polar surface area (TPSA) is 99.5 Å². The van der Waals surface area contributed by atoms with Gasteiger partial charge in [-0.3, -0.25) is 0 Å². The van der Waals surface area contributed by atoms with Gasteiger partial charge < -0.3 is 28.0 Å². The molecule has 0 spiro atoms. The number of aromatic nitrogens is 2. The Morgan fingerprint density at radius 1 is 1.26 bits per heavy atom. The van der Waals surface area contributed by atoms with Gasteiger partial charge >= 0.3 is 29.6 Å². The second-order valence-corrected chi connectivity index (χ2v) is 8.30. The number of rotatable bonds is 6. The quantitative estimate of drug-likeness (QED) is 0.291. The van der Waals surface area contributed by atoms with E-state index in [-0.39, 0.29) is 58.2 Å². The zero-order chi connectivity index (χ0) is 22.4. The molecule has 1 amide bonds. The van der Waals surface area contributed by atoms with Crippen LogP contribution >= 0.6 is 0 Å². The number of fused-ring (bicyclic) bond motifs is 1. The summed E-state index contributed by atoms with van der Waals surface area (Å²) in [5.41, 5.74) is 2.32. The van der Waals surface area contributed by atoms with E-state index in [9.17, 15) is 17.6 Å². The number of anilines is 1. The van der Waals surface area contributed by atoms with Gasteiger partial charge in [-0.25, -0.2) is 9.07 Å². The zero-order valence-electron chi connectivity index (χ0n) is 18.6. The third-order valence-electron chi connectivity index (χ3n) is 4.64. The number of ether oxygens (including phenoxy) is 2. The summed E-state index contributed by atoms with van der Waals surface area (Å²) in [7, 11) is -0.721. The molecule has 2 aromatic rings. The number of hydrogen-bond acceptors (Lipinski definition) is 7. The van der Waals surface area contributed by atoms with Crippen LogP contribution in [0.3, 0.4) is 0 Å². The minimum Gasteiger partial charge on any atom is -0.490 e. The van der Waals surface area contributed by atoms with Crippen molar-refractivity contribution >= 4 is 22.8 Å². The van der Waals surface area contributed by atoms with Gasteiger partial charge in [-0.2, -0.15) is 5.10 Å². The molecule has 8 nitrogen and oxygen atoms in total. The Morgan fingerprint density at radius 2 is 1.84 bits per heavy atom. The number of halogens is 1. The molecular formula is C20H26FN3NaO5S-. The van der Waals surface area contributed by atoms with Crippen LogP contribution in [0.2, 0.25) is 0 Å². The fraction of sp³-hybridized carbons (Fsp3) is 0.500. The molecule has 0 bridgehead atoms. The Morgan fingerprint density at radius 3 is 2.29 bits per heavy atom. The molecule has 1 aromatic carbocycles. The van der Waals surface area contributed by atoms with Crippen LogP contribution in [-0.2, 0) is 35.2 Å². The van der Waals surface area contributed by atoms with Crippen molar-refractivity contribution in [1.82, 2.24) is 9.78 Å². The summed E-state index contributed by atoms with van der Waals surface area (Å²) in [6.45, 7) is 8.74. The maximum atomic E-state index is 13.4. The van der Waals surface area contributed by atoms with Crippen LogP contribution in [-0.4, -0.2) is 36.0 Å². The van der Waals surface area contributed by atoms with Crippen LogP contribution in [0.25, 0.3) is 0 Å². The molecule has 11 heteroatoms. The third-order valence-corrected chi connectivity index (χ3v) is 5.28. The predicted octanol–water partition coefficient (Wildman–Crippen LogP) is 0.514. The number of nitrogens with zero attached hydrogens (tertiary/aromatic N) is 2. The van der Waals surface area contributed by atoms with E-state index in [2.05, 4.69) is 10.4 Å². The molecule has 0 radical (unpaired) electrons. The van der Waals surface area contributed by atoms with Crippen LogP contribution in [0.4, 0.5) is 10.1 Å². The van der Waals surface area contributed by atoms with Crippen molar-refractivity contribution in [2.24, 2.45) is 0 Å². The number of benzene rings is 1. The SMILES string of the molecule is CC(C)c1cc(F)cc(C(C)C)c1N[C-]=O.CO[C@H]1COc2c([S-](=O)=O)cnn2C1.[Na+]. The second-order valence-electron chi connectivity index (χ2n) is 7.40. The fourth-order valence-corrected chi connectivity index (χ4v) is 3.50. The van der Waals surface area contributed by atoms with E-state index in [0.29, 0.717) is 24.7 Å². The number of carbonyl (C=O) groups excluding carboxylic acids is 1. The molecule has 3 rings (SSSR count). The van der Waals surface area contributed by atoms with Crippen molar-refractivity contribution in [1.29, 1.82) is 0 Å². The number of hydrogen-bond donors (Lipinski definition) is 1. The number of nitrogens with one attached hydrogen (secondary N) is 1. The molecule has 0 aliphatic carbocycles. The molecule has 0 unspecified atom stereocenters. The first-order valence-electron chi connectivity index (χ1n) is 9.46. The van der Waals surface area contributed by atoms with E-state index in [1.165, 1.54) is 23.0 Å². The van der Waals surface area contributed by atoms with Gasteiger partial charge in [-0.15, -0.1) is 16.8 Å². The Bertz CT molecular complexity index is 925. The standard InChI is InChI=1S/C13H17FNO.C7H9N2O4S.Na/c1-8(2)11-5-10(14)6-12(9(3)4)13(11)15-7-16;1-12-5-3-9-7(13-4-5)6(2-8-9)14(10)11;/h5-6,8-9H,1-4H3,(H,15,16);2,5H,3-4H2,1H3;/q2*-1;+1/t;5-;/m.1./s1. The van der Waals surface area contributed by atoms with Gasteiger partial charge in [-0.1, -0.05) is 27.7 Å². The van der Waals surface area contributed by atoms with E-state index >= 15 is 0 Å². The molecule has 1 aliphatic heterocycles. The average molecular weight is 462 g/mol. The first-order chi connectivity index (χ1) is 14.2. The second kappa shape index (κ2) is 12.5. The van der Waals surface area contributed by atoms with Gasteiger partial charge in [0.2, 0.25) is 0 Å². The van der Waals surface area contributed by atoms with Crippen molar-refractivity contribution in [2.45, 2.75) is 57.1 Å². The minimum atomic E-state index is -2.30. The summed E-state index contributed by atoms with van der Waals surface area (Å²) < 4.78 is 46.7. The number of amides is 1. The Balaban J connectivity index is 0.000000302. The normalized spacial score (nSPS) is 14.9. The first kappa shape index (κ1) is 27.6. The van der Waals surface area contributed by atoms with Crippen LogP contribution < -0.4 is 39.6 Å². The van der Waals surface area contributed by atoms with E-state index in [1.54, 1.807) is 13.5 Å². The molecule has 31 heavy (non-hydrogen) atoms. The van der Waals surface area contributed by atoms with Gasteiger partial charge in [0.05, 0.1) is 13.0 Å². The van der Waals surface area contributed by atoms with Gasteiger partial charge in [0.1, 0.15) is 18.5 Å². The van der Waals surface area contributed by atoms with Crippen molar-refractivity contribution in [3.63, 3.8) is 0 Å². The van der Waals surface area contributed by atoms with E-state index in [4.69, 9.17) is 9.47 Å². The van der Waals surface area contributed by atoms with Gasteiger partial charge in [-0.05, 0) is 34.7 Å². The minimum absolute atomic E-state index is 0. The summed E-state index contributed by atoms with van der Waals surface area (Å²) in [5, 5.41) is 6.46. The summed E-state index contributed by atoms with van der Waals surface area (Å²) in [6.07, 6.45) is 2.87. The largest absolute Gasteiger partial charge is 1.00 e. The monoisotopic (exact) mass is 462 g/mol. The van der Waals surface area contributed by atoms with E-state index in [1.807, 2.05) is 27.7 Å². The molecule has 0 saturated heterocycles. The van der Waals surface area contributed by atoms with Gasteiger partial charge in [0.15, 0.2) is 5.88 Å². The Labute approximate surface area is 205 Å². The molecule has 166 valence electrons. The Hall–Kier alpha value is -1.46. The average Bonchev–Trinajstić information content (AvgIpc) is 3.12. The van der Waals surface area contributed by atoms with Crippen LogP contribution in [0.5, 0.6) is 5.88 Å². The molecule has 0 fully saturated rings. The zero-order valence-corrected chi connectivity index (χ0v) is 21.4. The van der Waals surface area contributed by atoms with Crippen molar-refractivity contribution < 1.29 is 56.6 Å². The van der Waals surface area contributed by atoms with Gasteiger partial charge in [0, 0.05) is 18.2 Å². The Kier molecular flexibility index (Phi) is 11.2. The molecule has 1 N–H and O–H groups in total. The molecule has 1 aliphatic rings. The fourth-order valence-electron chi connectivity index (χ4n) is 3.06. The smallest absolute Gasteiger partial charge is 0.490 e. The molecule has 0 saturated carbocycles.